The molecule has 0 aliphatic rings. The zero-order valence-corrected chi connectivity index (χ0v) is 12.8. The van der Waals surface area contributed by atoms with Crippen LogP contribution < -0.4 is 10.6 Å². The Bertz CT molecular complexity index is 517. The lowest BCUT2D eigenvalue weighted by atomic mass is 10.1. The smallest absolute Gasteiger partial charge is 0.293 e. The van der Waals surface area contributed by atoms with Crippen molar-refractivity contribution in [2.75, 3.05) is 33.0 Å². The van der Waals surface area contributed by atoms with Crippen LogP contribution in [-0.2, 0) is 0 Å². The Hall–Kier alpha value is -2.15. The van der Waals surface area contributed by atoms with Crippen LogP contribution in [0.4, 0.5) is 11.4 Å². The molecule has 1 atom stereocenters. The van der Waals surface area contributed by atoms with E-state index in [1.165, 1.54) is 12.1 Å². The first-order valence-corrected chi connectivity index (χ1v) is 6.77. The van der Waals surface area contributed by atoms with Crippen LogP contribution in [0.3, 0.4) is 0 Å². The summed E-state index contributed by atoms with van der Waals surface area (Å²) in [5.74, 6) is -0.311. The van der Waals surface area contributed by atoms with Crippen LogP contribution in [0, 0.1) is 10.1 Å². The molecule has 0 saturated heterocycles. The van der Waals surface area contributed by atoms with Crippen molar-refractivity contribution in [1.29, 1.82) is 0 Å². The lowest BCUT2D eigenvalue weighted by Crippen LogP contribution is -2.35. The van der Waals surface area contributed by atoms with E-state index in [4.69, 9.17) is 0 Å². The SMILES string of the molecule is CNc1c(C(=O)NC(C)CCN(C)C)cccc1[N+](=O)[O-]. The van der Waals surface area contributed by atoms with E-state index in [0.717, 1.165) is 13.0 Å². The summed E-state index contributed by atoms with van der Waals surface area (Å²) >= 11 is 0. The van der Waals surface area contributed by atoms with Crippen LogP contribution in [0.2, 0.25) is 0 Å². The number of nitro benzene ring substituents is 1. The molecule has 0 fully saturated rings. The van der Waals surface area contributed by atoms with E-state index in [0.29, 0.717) is 0 Å². The number of anilines is 1. The Labute approximate surface area is 124 Å². The molecule has 1 rings (SSSR count). The minimum atomic E-state index is -0.502. The average Bonchev–Trinajstić information content (AvgIpc) is 2.43. The van der Waals surface area contributed by atoms with Gasteiger partial charge in [-0.25, -0.2) is 0 Å². The van der Waals surface area contributed by atoms with Gasteiger partial charge in [0, 0.05) is 19.2 Å². The van der Waals surface area contributed by atoms with E-state index in [9.17, 15) is 14.9 Å². The van der Waals surface area contributed by atoms with Crippen molar-refractivity contribution >= 4 is 17.3 Å². The Kier molecular flexibility index (Phi) is 6.10. The maximum absolute atomic E-state index is 12.3. The Morgan fingerprint density at radius 1 is 1.43 bits per heavy atom. The minimum absolute atomic E-state index is 0.0103. The summed E-state index contributed by atoms with van der Waals surface area (Å²) < 4.78 is 0. The number of hydrogen-bond donors (Lipinski definition) is 2. The van der Waals surface area contributed by atoms with Gasteiger partial charge >= 0.3 is 0 Å². The molecule has 0 spiro atoms. The second-order valence-electron chi connectivity index (χ2n) is 5.17. The highest BCUT2D eigenvalue weighted by molar-refractivity contribution is 6.01. The van der Waals surface area contributed by atoms with Crippen LogP contribution in [0.1, 0.15) is 23.7 Å². The molecule has 0 saturated carbocycles. The van der Waals surface area contributed by atoms with Gasteiger partial charge in [0.1, 0.15) is 5.69 Å². The van der Waals surface area contributed by atoms with Crippen LogP contribution in [-0.4, -0.2) is 49.5 Å². The van der Waals surface area contributed by atoms with Gasteiger partial charge in [-0.3, -0.25) is 14.9 Å². The number of carbonyl (C=O) groups is 1. The zero-order chi connectivity index (χ0) is 16.0. The van der Waals surface area contributed by atoms with Crippen LogP contribution >= 0.6 is 0 Å². The van der Waals surface area contributed by atoms with E-state index >= 15 is 0 Å². The maximum atomic E-state index is 12.3. The topological polar surface area (TPSA) is 87.5 Å². The van der Waals surface area contributed by atoms with Gasteiger partial charge in [0.2, 0.25) is 0 Å². The van der Waals surface area contributed by atoms with Crippen molar-refractivity contribution in [3.8, 4) is 0 Å². The minimum Gasteiger partial charge on any atom is -0.382 e. The van der Waals surface area contributed by atoms with Gasteiger partial charge in [-0.2, -0.15) is 0 Å². The van der Waals surface area contributed by atoms with Crippen molar-refractivity contribution in [1.82, 2.24) is 10.2 Å². The highest BCUT2D eigenvalue weighted by Crippen LogP contribution is 2.27. The third-order valence-corrected chi connectivity index (χ3v) is 3.12. The van der Waals surface area contributed by atoms with Crippen molar-refractivity contribution in [2.45, 2.75) is 19.4 Å². The first-order valence-electron chi connectivity index (χ1n) is 6.77. The van der Waals surface area contributed by atoms with Crippen molar-refractivity contribution in [2.24, 2.45) is 0 Å². The van der Waals surface area contributed by atoms with Gasteiger partial charge in [-0.15, -0.1) is 0 Å². The number of amides is 1. The molecule has 0 radical (unpaired) electrons. The number of benzene rings is 1. The number of nitrogens with one attached hydrogen (secondary N) is 2. The third-order valence-electron chi connectivity index (χ3n) is 3.12. The molecule has 1 unspecified atom stereocenters. The second-order valence-corrected chi connectivity index (χ2v) is 5.17. The van der Waals surface area contributed by atoms with Crippen LogP contribution in [0.5, 0.6) is 0 Å². The summed E-state index contributed by atoms with van der Waals surface area (Å²) in [5, 5.41) is 16.6. The normalized spacial score (nSPS) is 12.0. The molecular weight excluding hydrogens is 272 g/mol. The average molecular weight is 294 g/mol. The van der Waals surface area contributed by atoms with Crippen molar-refractivity contribution in [3.63, 3.8) is 0 Å². The summed E-state index contributed by atoms with van der Waals surface area (Å²) in [7, 11) is 5.50. The predicted octanol–water partition coefficient (Wildman–Crippen LogP) is 1.71. The molecular formula is C14H22N4O3. The van der Waals surface area contributed by atoms with Gasteiger partial charge in [-0.1, -0.05) is 6.07 Å². The number of nitro groups is 1. The van der Waals surface area contributed by atoms with Crippen LogP contribution in [0.25, 0.3) is 0 Å². The largest absolute Gasteiger partial charge is 0.382 e. The molecule has 7 nitrogen and oxygen atoms in total. The van der Waals surface area contributed by atoms with Gasteiger partial charge in [0.25, 0.3) is 11.6 Å². The molecule has 116 valence electrons. The second kappa shape index (κ2) is 7.58. The Balaban J connectivity index is 2.87. The molecule has 0 bridgehead atoms. The molecule has 0 aliphatic carbocycles. The van der Waals surface area contributed by atoms with Crippen molar-refractivity contribution < 1.29 is 9.72 Å². The van der Waals surface area contributed by atoms with E-state index < -0.39 is 4.92 Å². The molecule has 1 amide bonds. The standard InChI is InChI=1S/C14H22N4O3/c1-10(8-9-17(3)4)16-14(19)11-6-5-7-12(18(20)21)13(11)15-2/h5-7,10,15H,8-9H2,1-4H3,(H,16,19). The van der Waals surface area contributed by atoms with Gasteiger partial charge in [0.05, 0.1) is 10.5 Å². The number of carbonyl (C=O) groups excluding carboxylic acids is 1. The highest BCUT2D eigenvalue weighted by atomic mass is 16.6. The predicted molar refractivity (Wildman–Crippen MR) is 82.7 cm³/mol. The Morgan fingerprint density at radius 3 is 2.62 bits per heavy atom. The summed E-state index contributed by atoms with van der Waals surface area (Å²) in [6.45, 7) is 2.77. The monoisotopic (exact) mass is 294 g/mol. The fourth-order valence-electron chi connectivity index (χ4n) is 1.97. The Morgan fingerprint density at radius 2 is 2.10 bits per heavy atom. The molecule has 0 heterocycles. The van der Waals surface area contributed by atoms with E-state index in [1.807, 2.05) is 25.9 Å². The molecule has 1 aromatic rings. The lowest BCUT2D eigenvalue weighted by Gasteiger charge is -2.17. The number of rotatable bonds is 7. The fourth-order valence-corrected chi connectivity index (χ4v) is 1.97. The van der Waals surface area contributed by atoms with Gasteiger partial charge in [0.15, 0.2) is 0 Å². The molecule has 1 aromatic carbocycles. The highest BCUT2D eigenvalue weighted by Gasteiger charge is 2.21. The molecule has 7 heteroatoms. The molecule has 2 N–H and O–H groups in total. The quantitative estimate of drug-likeness (QED) is 0.590. The maximum Gasteiger partial charge on any atom is 0.293 e. The van der Waals surface area contributed by atoms with Gasteiger partial charge < -0.3 is 15.5 Å². The summed E-state index contributed by atoms with van der Waals surface area (Å²) in [5.41, 5.74) is 0.411. The number of hydrogen-bond acceptors (Lipinski definition) is 5. The summed E-state index contributed by atoms with van der Waals surface area (Å²) in [6, 6.07) is 4.45. The van der Waals surface area contributed by atoms with E-state index in [2.05, 4.69) is 10.6 Å². The number of nitrogens with zero attached hydrogens (tertiary/aromatic N) is 2. The van der Waals surface area contributed by atoms with Gasteiger partial charge in [-0.05, 0) is 40.1 Å². The lowest BCUT2D eigenvalue weighted by molar-refractivity contribution is -0.384. The first kappa shape index (κ1) is 16.9. The fraction of sp³-hybridized carbons (Fsp3) is 0.500. The molecule has 0 aliphatic heterocycles. The van der Waals surface area contributed by atoms with Crippen LogP contribution in [0.15, 0.2) is 18.2 Å². The number of para-hydroxylation sites is 1. The third kappa shape index (κ3) is 4.71. The first-order chi connectivity index (χ1) is 9.86. The zero-order valence-electron chi connectivity index (χ0n) is 12.8. The molecule has 0 aromatic heterocycles. The van der Waals surface area contributed by atoms with E-state index in [-0.39, 0.29) is 28.9 Å². The summed E-state index contributed by atoms with van der Waals surface area (Å²) in [6.07, 6.45) is 0.808. The molecule has 21 heavy (non-hydrogen) atoms. The van der Waals surface area contributed by atoms with Crippen molar-refractivity contribution in [3.05, 3.63) is 33.9 Å². The van der Waals surface area contributed by atoms with E-state index in [1.54, 1.807) is 13.1 Å². The summed E-state index contributed by atoms with van der Waals surface area (Å²) in [4.78, 5) is 24.8.